The summed E-state index contributed by atoms with van der Waals surface area (Å²) >= 11 is 0. The summed E-state index contributed by atoms with van der Waals surface area (Å²) in [6, 6.07) is 9.19. The zero-order valence-corrected chi connectivity index (χ0v) is 10.3. The van der Waals surface area contributed by atoms with E-state index in [0.29, 0.717) is 12.3 Å². The number of hydrogen-bond acceptors (Lipinski definition) is 3. The van der Waals surface area contributed by atoms with Crippen molar-refractivity contribution in [3.8, 4) is 11.8 Å². The van der Waals surface area contributed by atoms with Gasteiger partial charge in [0.2, 0.25) is 5.91 Å². The van der Waals surface area contributed by atoms with E-state index in [4.69, 9.17) is 10.00 Å². The lowest BCUT2D eigenvalue weighted by Crippen LogP contribution is -2.36. The molecular weight excluding hydrogens is 228 g/mol. The minimum atomic E-state index is -0.323. The first kappa shape index (κ1) is 12.4. The summed E-state index contributed by atoms with van der Waals surface area (Å²) in [7, 11) is 1.61. The van der Waals surface area contributed by atoms with E-state index in [-0.39, 0.29) is 11.9 Å². The van der Waals surface area contributed by atoms with Crippen LogP contribution in [0.25, 0.3) is 0 Å². The van der Waals surface area contributed by atoms with Gasteiger partial charge in [0.25, 0.3) is 0 Å². The van der Waals surface area contributed by atoms with Crippen LogP contribution < -0.4 is 10.1 Å². The zero-order chi connectivity index (χ0) is 13.0. The highest BCUT2D eigenvalue weighted by Crippen LogP contribution is 2.32. The van der Waals surface area contributed by atoms with Crippen molar-refractivity contribution in [1.29, 1.82) is 5.26 Å². The quantitative estimate of drug-likeness (QED) is 0.856. The Labute approximate surface area is 107 Å². The summed E-state index contributed by atoms with van der Waals surface area (Å²) in [5, 5.41) is 11.7. The van der Waals surface area contributed by atoms with Gasteiger partial charge in [-0.3, -0.25) is 4.79 Å². The summed E-state index contributed by atoms with van der Waals surface area (Å²) in [6.45, 7) is 0. The number of ether oxygens (including phenoxy) is 1. The van der Waals surface area contributed by atoms with Crippen molar-refractivity contribution in [2.24, 2.45) is 5.92 Å². The molecule has 18 heavy (non-hydrogen) atoms. The minimum Gasteiger partial charge on any atom is -0.497 e. The molecule has 0 spiro atoms. The first-order chi connectivity index (χ1) is 8.72. The highest BCUT2D eigenvalue weighted by atomic mass is 16.5. The van der Waals surface area contributed by atoms with E-state index in [0.717, 1.165) is 24.2 Å². The molecule has 1 aliphatic carbocycles. The molecule has 1 aliphatic rings. The first-order valence-corrected chi connectivity index (χ1v) is 6.05. The van der Waals surface area contributed by atoms with Crippen LogP contribution in [-0.4, -0.2) is 19.1 Å². The predicted molar refractivity (Wildman–Crippen MR) is 67.0 cm³/mol. The third kappa shape index (κ3) is 3.24. The third-order valence-electron chi connectivity index (χ3n) is 3.07. The van der Waals surface area contributed by atoms with Crippen LogP contribution in [0, 0.1) is 17.2 Å². The second-order valence-electron chi connectivity index (χ2n) is 4.54. The van der Waals surface area contributed by atoms with Crippen molar-refractivity contribution in [2.75, 3.05) is 7.11 Å². The molecule has 1 fully saturated rings. The van der Waals surface area contributed by atoms with Crippen molar-refractivity contribution >= 4 is 5.91 Å². The van der Waals surface area contributed by atoms with Crippen molar-refractivity contribution in [3.05, 3.63) is 29.8 Å². The number of carbonyl (C=O) groups excluding carboxylic acids is 1. The van der Waals surface area contributed by atoms with Crippen LogP contribution in [0.3, 0.4) is 0 Å². The van der Waals surface area contributed by atoms with Crippen LogP contribution in [-0.2, 0) is 11.2 Å². The highest BCUT2D eigenvalue weighted by Gasteiger charge is 2.32. The molecule has 1 saturated carbocycles. The number of benzene rings is 1. The monoisotopic (exact) mass is 244 g/mol. The molecule has 4 nitrogen and oxygen atoms in total. The van der Waals surface area contributed by atoms with Crippen molar-refractivity contribution in [2.45, 2.75) is 25.3 Å². The van der Waals surface area contributed by atoms with E-state index >= 15 is 0 Å². The number of amides is 1. The lowest BCUT2D eigenvalue weighted by atomic mass is 10.1. The van der Waals surface area contributed by atoms with Gasteiger partial charge < -0.3 is 10.1 Å². The molecule has 94 valence electrons. The summed E-state index contributed by atoms with van der Waals surface area (Å²) in [6.07, 6.45) is 2.39. The molecule has 1 atom stereocenters. The molecule has 0 aromatic heterocycles. The van der Waals surface area contributed by atoms with Gasteiger partial charge in [0, 0.05) is 0 Å². The van der Waals surface area contributed by atoms with Gasteiger partial charge in [-0.25, -0.2) is 0 Å². The van der Waals surface area contributed by atoms with Crippen LogP contribution in [0.4, 0.5) is 0 Å². The number of carbonyl (C=O) groups is 1. The standard InChI is InChI=1S/C14H16N2O2/c1-18-12-6-2-10(3-7-12)8-14(17)16-13(9-15)11-4-5-11/h2-3,6-7,11,13H,4-5,8H2,1H3,(H,16,17). The number of nitrogens with zero attached hydrogens (tertiary/aromatic N) is 1. The first-order valence-electron chi connectivity index (χ1n) is 6.05. The molecule has 4 heteroatoms. The molecule has 2 rings (SSSR count). The molecule has 0 aliphatic heterocycles. The van der Waals surface area contributed by atoms with Crippen molar-refractivity contribution < 1.29 is 9.53 Å². The summed E-state index contributed by atoms with van der Waals surface area (Å²) in [5.74, 6) is 1.03. The fourth-order valence-corrected chi connectivity index (χ4v) is 1.84. The molecule has 0 saturated heterocycles. The van der Waals surface area contributed by atoms with E-state index in [1.165, 1.54) is 0 Å². The fourth-order valence-electron chi connectivity index (χ4n) is 1.84. The summed E-state index contributed by atoms with van der Waals surface area (Å²) < 4.78 is 5.05. The average molecular weight is 244 g/mol. The topological polar surface area (TPSA) is 62.1 Å². The lowest BCUT2D eigenvalue weighted by Gasteiger charge is -2.10. The van der Waals surface area contributed by atoms with E-state index in [1.807, 2.05) is 24.3 Å². The Kier molecular flexibility index (Phi) is 3.83. The fraction of sp³-hybridized carbons (Fsp3) is 0.429. The third-order valence-corrected chi connectivity index (χ3v) is 3.07. The maximum atomic E-state index is 11.8. The summed E-state index contributed by atoms with van der Waals surface area (Å²) in [4.78, 5) is 11.8. The maximum Gasteiger partial charge on any atom is 0.225 e. The molecule has 1 unspecified atom stereocenters. The maximum absolute atomic E-state index is 11.8. The molecule has 1 aromatic carbocycles. The van der Waals surface area contributed by atoms with E-state index in [2.05, 4.69) is 11.4 Å². The van der Waals surface area contributed by atoms with Crippen LogP contribution in [0.1, 0.15) is 18.4 Å². The van der Waals surface area contributed by atoms with Crippen LogP contribution >= 0.6 is 0 Å². The van der Waals surface area contributed by atoms with Gasteiger partial charge in [-0.1, -0.05) is 12.1 Å². The lowest BCUT2D eigenvalue weighted by molar-refractivity contribution is -0.120. The molecule has 1 N–H and O–H groups in total. The molecule has 1 aromatic rings. The number of hydrogen-bond donors (Lipinski definition) is 1. The largest absolute Gasteiger partial charge is 0.497 e. The van der Waals surface area contributed by atoms with Gasteiger partial charge in [-0.15, -0.1) is 0 Å². The Morgan fingerprint density at radius 2 is 2.17 bits per heavy atom. The Bertz CT molecular complexity index is 458. The normalized spacial score (nSPS) is 15.6. The second kappa shape index (κ2) is 5.54. The van der Waals surface area contributed by atoms with E-state index in [9.17, 15) is 4.79 Å². The van der Waals surface area contributed by atoms with Gasteiger partial charge in [-0.05, 0) is 36.5 Å². The van der Waals surface area contributed by atoms with Gasteiger partial charge in [0.1, 0.15) is 11.8 Å². The molecule has 0 bridgehead atoms. The Morgan fingerprint density at radius 3 is 2.67 bits per heavy atom. The Morgan fingerprint density at radius 1 is 1.50 bits per heavy atom. The molecule has 0 heterocycles. The number of methoxy groups -OCH3 is 1. The van der Waals surface area contributed by atoms with Gasteiger partial charge in [0.05, 0.1) is 19.6 Å². The zero-order valence-electron chi connectivity index (χ0n) is 10.3. The van der Waals surface area contributed by atoms with Crippen LogP contribution in [0.15, 0.2) is 24.3 Å². The number of nitrogens with one attached hydrogen (secondary N) is 1. The van der Waals surface area contributed by atoms with Crippen molar-refractivity contribution in [1.82, 2.24) is 5.32 Å². The van der Waals surface area contributed by atoms with Crippen molar-refractivity contribution in [3.63, 3.8) is 0 Å². The Hall–Kier alpha value is -2.02. The molecule has 1 amide bonds. The highest BCUT2D eigenvalue weighted by molar-refractivity contribution is 5.79. The number of nitriles is 1. The van der Waals surface area contributed by atoms with Crippen LogP contribution in [0.5, 0.6) is 5.75 Å². The average Bonchev–Trinajstić information content (AvgIpc) is 3.21. The van der Waals surface area contributed by atoms with Gasteiger partial charge in [0.15, 0.2) is 0 Å². The second-order valence-corrected chi connectivity index (χ2v) is 4.54. The summed E-state index contributed by atoms with van der Waals surface area (Å²) in [5.41, 5.74) is 0.917. The van der Waals surface area contributed by atoms with E-state index < -0.39 is 0 Å². The molecule has 0 radical (unpaired) electrons. The van der Waals surface area contributed by atoms with Gasteiger partial charge in [-0.2, -0.15) is 5.26 Å². The number of rotatable bonds is 5. The SMILES string of the molecule is COc1ccc(CC(=O)NC(C#N)C2CC2)cc1. The minimum absolute atomic E-state index is 0.0985. The van der Waals surface area contributed by atoms with E-state index in [1.54, 1.807) is 7.11 Å². The predicted octanol–water partition coefficient (Wildman–Crippen LogP) is 1.66. The Balaban J connectivity index is 1.88. The van der Waals surface area contributed by atoms with Gasteiger partial charge >= 0.3 is 0 Å². The molecular formula is C14H16N2O2. The smallest absolute Gasteiger partial charge is 0.225 e. The van der Waals surface area contributed by atoms with Crippen LogP contribution in [0.2, 0.25) is 0 Å².